The van der Waals surface area contributed by atoms with Gasteiger partial charge in [0.05, 0.1) is 34.8 Å². The Hall–Kier alpha value is -3.63. The number of benzene rings is 2. The molecule has 1 atom stereocenters. The molecule has 3 aromatic rings. The summed E-state index contributed by atoms with van der Waals surface area (Å²) in [7, 11) is 5.32. The normalized spacial score (nSPS) is 18.3. The van der Waals surface area contributed by atoms with E-state index in [2.05, 4.69) is 87.1 Å². The van der Waals surface area contributed by atoms with E-state index < -0.39 is 13.7 Å². The lowest BCUT2D eigenvalue weighted by Crippen LogP contribution is -2.46. The van der Waals surface area contributed by atoms with E-state index in [-0.39, 0.29) is 5.04 Å². The monoisotopic (exact) mass is 700 g/mol. The standard InChI is InChI=1S/C36H48BClN7O3Si/c1-35(2,3)49(8,9)48-22-36(4)21-45(37-23-46)33-25(20-39)16-24(17-27(33)36)29-10-13-40-34(41-29)42-30-18-28(38)31(19-32(30)47-7)44-14-11-26(12-15-44)43(5)6/h10,13,16-19,23,26H,11-12,14-15,21-22H2,1-9H3,(H,40,41,42). The third kappa shape index (κ3) is 7.60. The van der Waals surface area contributed by atoms with Gasteiger partial charge < -0.3 is 33.9 Å². The molecule has 3 heterocycles. The number of ether oxygens (including phenoxy) is 1. The van der Waals surface area contributed by atoms with Gasteiger partial charge in [-0.05, 0) is 74.9 Å². The summed E-state index contributed by atoms with van der Waals surface area (Å²) < 4.78 is 12.5. The predicted octanol–water partition coefficient (Wildman–Crippen LogP) is 6.86. The molecule has 0 amide bonds. The Morgan fingerprint density at radius 2 is 1.94 bits per heavy atom. The van der Waals surface area contributed by atoms with Crippen LogP contribution in [0.1, 0.15) is 51.7 Å². The summed E-state index contributed by atoms with van der Waals surface area (Å²) in [6.45, 7) is 16.1. The predicted molar refractivity (Wildman–Crippen MR) is 203 cm³/mol. The van der Waals surface area contributed by atoms with Crippen LogP contribution in [0.15, 0.2) is 36.5 Å². The summed E-state index contributed by atoms with van der Waals surface area (Å²) in [5, 5.41) is 14.3. The lowest BCUT2D eigenvalue weighted by molar-refractivity contribution is 0.219. The molecule has 1 saturated heterocycles. The van der Waals surface area contributed by atoms with Gasteiger partial charge in [-0.1, -0.05) is 39.3 Å². The molecule has 1 radical (unpaired) electrons. The van der Waals surface area contributed by atoms with Gasteiger partial charge in [0, 0.05) is 61.2 Å². The van der Waals surface area contributed by atoms with E-state index in [9.17, 15) is 10.1 Å². The van der Waals surface area contributed by atoms with Crippen LogP contribution in [0, 0.1) is 11.3 Å². The second-order valence-electron chi connectivity index (χ2n) is 15.1. The van der Waals surface area contributed by atoms with E-state index in [1.54, 1.807) is 13.3 Å². The maximum atomic E-state index is 11.7. The van der Waals surface area contributed by atoms with E-state index >= 15 is 0 Å². The fourth-order valence-corrected chi connectivity index (χ4v) is 7.83. The highest BCUT2D eigenvalue weighted by Crippen LogP contribution is 2.46. The molecule has 49 heavy (non-hydrogen) atoms. The Morgan fingerprint density at radius 3 is 2.55 bits per heavy atom. The van der Waals surface area contributed by atoms with Crippen LogP contribution < -0.4 is 19.8 Å². The molecule has 5 rings (SSSR count). The number of halogens is 1. The van der Waals surface area contributed by atoms with Crippen molar-refractivity contribution in [3.05, 3.63) is 52.7 Å². The number of nitrogens with zero attached hydrogens (tertiary/aromatic N) is 6. The van der Waals surface area contributed by atoms with Gasteiger partial charge in [0.25, 0.3) is 0 Å². The first-order valence-electron chi connectivity index (χ1n) is 16.8. The third-order valence-corrected chi connectivity index (χ3v) is 15.3. The smallest absolute Gasteiger partial charge is 0.329 e. The number of carbonyl (C=O) groups is 1. The van der Waals surface area contributed by atoms with Gasteiger partial charge in [0.15, 0.2) is 8.32 Å². The average molecular weight is 701 g/mol. The summed E-state index contributed by atoms with van der Waals surface area (Å²) in [5.74, 6) is 1.00. The van der Waals surface area contributed by atoms with Crippen molar-refractivity contribution in [3.8, 4) is 23.1 Å². The van der Waals surface area contributed by atoms with Crippen LogP contribution >= 0.6 is 11.6 Å². The summed E-state index contributed by atoms with van der Waals surface area (Å²) >= 11 is 6.86. The van der Waals surface area contributed by atoms with Crippen molar-refractivity contribution < 1.29 is 14.0 Å². The van der Waals surface area contributed by atoms with E-state index in [4.69, 9.17) is 25.7 Å². The van der Waals surface area contributed by atoms with Crippen molar-refractivity contribution in [1.29, 1.82) is 5.26 Å². The van der Waals surface area contributed by atoms with Crippen molar-refractivity contribution in [3.63, 3.8) is 0 Å². The fourth-order valence-electron chi connectivity index (χ4n) is 6.43. The Morgan fingerprint density at radius 1 is 1.22 bits per heavy atom. The van der Waals surface area contributed by atoms with Crippen LogP contribution in [-0.4, -0.2) is 90.3 Å². The highest BCUT2D eigenvalue weighted by molar-refractivity contribution is 6.74. The first-order valence-corrected chi connectivity index (χ1v) is 20.1. The van der Waals surface area contributed by atoms with Crippen LogP contribution in [-0.2, 0) is 14.6 Å². The Balaban J connectivity index is 1.45. The molecule has 2 aliphatic rings. The summed E-state index contributed by atoms with van der Waals surface area (Å²) in [6, 6.07) is 12.5. The number of hydrogen-bond acceptors (Lipinski definition) is 10. The van der Waals surface area contributed by atoms with Crippen molar-refractivity contribution in [1.82, 2.24) is 14.9 Å². The number of hydrogen-bond donors (Lipinski definition) is 1. The number of methoxy groups -OCH3 is 1. The van der Waals surface area contributed by atoms with Gasteiger partial charge in [-0.25, -0.2) is 9.97 Å². The number of piperidine rings is 1. The first kappa shape index (κ1) is 36.6. The first-order chi connectivity index (χ1) is 23.1. The molecule has 10 nitrogen and oxygen atoms in total. The highest BCUT2D eigenvalue weighted by atomic mass is 35.5. The lowest BCUT2D eigenvalue weighted by Gasteiger charge is -2.39. The van der Waals surface area contributed by atoms with Gasteiger partial charge in [0.1, 0.15) is 18.0 Å². The SMILES string of the molecule is COc1cc(N2CCC(N(C)C)CC2)c(Cl)cc1Nc1nccc(-c2cc(C#N)c3c(c2)C(C)(CO[Si](C)(C)C(C)(C)C)CN3[B]C=O)n1. The van der Waals surface area contributed by atoms with E-state index in [0.717, 1.165) is 54.6 Å². The zero-order valence-corrected chi connectivity index (χ0v) is 32.0. The Labute approximate surface area is 298 Å². The highest BCUT2D eigenvalue weighted by Gasteiger charge is 2.44. The van der Waals surface area contributed by atoms with E-state index in [1.165, 1.54) is 7.41 Å². The van der Waals surface area contributed by atoms with Crippen LogP contribution in [0.25, 0.3) is 11.3 Å². The van der Waals surface area contributed by atoms with Crippen molar-refractivity contribution >= 4 is 56.5 Å². The molecule has 1 unspecified atom stereocenters. The fraction of sp³-hybridized carbons (Fsp3) is 0.500. The molecule has 2 aromatic carbocycles. The van der Waals surface area contributed by atoms with Crippen molar-refractivity contribution in [2.75, 3.05) is 62.5 Å². The summed E-state index contributed by atoms with van der Waals surface area (Å²) in [4.78, 5) is 27.5. The molecule has 0 saturated carbocycles. The maximum Gasteiger partial charge on any atom is 0.329 e. The van der Waals surface area contributed by atoms with Gasteiger partial charge in [-0.15, -0.1) is 0 Å². The van der Waals surface area contributed by atoms with Crippen LogP contribution in [0.3, 0.4) is 0 Å². The molecule has 1 fully saturated rings. The molecule has 0 aliphatic carbocycles. The number of fused-ring (bicyclic) bond motifs is 1. The third-order valence-electron chi connectivity index (χ3n) is 10.5. The van der Waals surface area contributed by atoms with Gasteiger partial charge in [-0.3, -0.25) is 0 Å². The molecule has 13 heteroatoms. The van der Waals surface area contributed by atoms with Crippen molar-refractivity contribution in [2.45, 2.75) is 70.1 Å². The zero-order valence-electron chi connectivity index (χ0n) is 30.2. The molecule has 259 valence electrons. The quantitative estimate of drug-likeness (QED) is 0.168. The number of aromatic nitrogens is 2. The Bertz CT molecular complexity index is 1740. The second kappa shape index (κ2) is 14.3. The number of nitriles is 1. The minimum absolute atomic E-state index is 0.0415. The number of carbonyl (C=O) groups excluding carboxylic acids is 1. The summed E-state index contributed by atoms with van der Waals surface area (Å²) in [6.07, 6.45) is 4.59. The molecule has 1 aromatic heterocycles. The molecule has 2 aliphatic heterocycles. The lowest BCUT2D eigenvalue weighted by atomic mass is 9.83. The zero-order chi connectivity index (χ0) is 35.7. The largest absolute Gasteiger partial charge is 0.494 e. The maximum absolute atomic E-state index is 11.7. The number of anilines is 4. The van der Waals surface area contributed by atoms with E-state index in [1.807, 2.05) is 29.1 Å². The molecule has 0 bridgehead atoms. The number of rotatable bonds is 11. The minimum Gasteiger partial charge on any atom is -0.494 e. The Kier molecular flexibility index (Phi) is 10.7. The van der Waals surface area contributed by atoms with Gasteiger partial charge in [0.2, 0.25) is 5.95 Å². The van der Waals surface area contributed by atoms with Crippen LogP contribution in [0.2, 0.25) is 23.2 Å². The van der Waals surface area contributed by atoms with Gasteiger partial charge in [-0.2, -0.15) is 5.26 Å². The number of nitrogens with one attached hydrogen (secondary N) is 1. The minimum atomic E-state index is -2.07. The van der Waals surface area contributed by atoms with E-state index in [0.29, 0.717) is 52.9 Å². The topological polar surface area (TPSA) is 107 Å². The second-order valence-corrected chi connectivity index (χ2v) is 20.3. The molecular weight excluding hydrogens is 653 g/mol. The molecule has 0 spiro atoms. The average Bonchev–Trinajstić information content (AvgIpc) is 3.34. The molecular formula is C36H48BClN7O3Si. The van der Waals surface area contributed by atoms with Crippen molar-refractivity contribution in [2.24, 2.45) is 0 Å². The molecule has 1 N–H and O–H groups in total. The summed E-state index contributed by atoms with van der Waals surface area (Å²) in [5.41, 5.74) is 4.70. The van der Waals surface area contributed by atoms with Crippen LogP contribution in [0.5, 0.6) is 5.75 Å². The van der Waals surface area contributed by atoms with Crippen LogP contribution in [0.4, 0.5) is 23.0 Å². The van der Waals surface area contributed by atoms with Gasteiger partial charge >= 0.3 is 7.41 Å².